The van der Waals surface area contributed by atoms with E-state index in [9.17, 15) is 9.59 Å². The monoisotopic (exact) mass is 514 g/mol. The fraction of sp³-hybridized carbons (Fsp3) is 0.412. The lowest BCUT2D eigenvalue weighted by Gasteiger charge is -2.15. The zero-order chi connectivity index (χ0) is 27.3. The molecule has 0 fully saturated rings. The van der Waals surface area contributed by atoms with Gasteiger partial charge < -0.3 is 9.47 Å². The SMILES string of the molecule is CCCCCc1ccc(-c2ccc(-c3ccc(CCC(C(=O)OCC)C(=O)OCC)cc3)c(CC)c2)cc1. The van der Waals surface area contributed by atoms with Gasteiger partial charge in [0.1, 0.15) is 0 Å². The summed E-state index contributed by atoms with van der Waals surface area (Å²) in [5.74, 6) is -1.91. The van der Waals surface area contributed by atoms with E-state index in [-0.39, 0.29) is 13.2 Å². The number of rotatable bonds is 14. The fourth-order valence-corrected chi connectivity index (χ4v) is 4.77. The lowest BCUT2D eigenvalue weighted by molar-refractivity contribution is -0.161. The van der Waals surface area contributed by atoms with Crippen molar-refractivity contribution in [3.8, 4) is 22.3 Å². The first-order valence-electron chi connectivity index (χ1n) is 14.1. The smallest absolute Gasteiger partial charge is 0.320 e. The summed E-state index contributed by atoms with van der Waals surface area (Å²) in [5.41, 5.74) is 8.68. The Balaban J connectivity index is 1.70. The van der Waals surface area contributed by atoms with Gasteiger partial charge in [-0.3, -0.25) is 9.59 Å². The summed E-state index contributed by atoms with van der Waals surface area (Å²) in [7, 11) is 0. The van der Waals surface area contributed by atoms with E-state index in [1.54, 1.807) is 13.8 Å². The number of benzene rings is 3. The molecule has 0 amide bonds. The molecule has 3 aromatic carbocycles. The third-order valence-corrected chi connectivity index (χ3v) is 6.97. The molecule has 202 valence electrons. The summed E-state index contributed by atoms with van der Waals surface area (Å²) >= 11 is 0. The molecule has 4 heteroatoms. The molecule has 4 nitrogen and oxygen atoms in total. The van der Waals surface area contributed by atoms with Crippen molar-refractivity contribution in [2.24, 2.45) is 5.92 Å². The second kappa shape index (κ2) is 15.1. The Kier molecular flexibility index (Phi) is 11.6. The summed E-state index contributed by atoms with van der Waals surface area (Å²) in [6.45, 7) is 8.39. The lowest BCUT2D eigenvalue weighted by Crippen LogP contribution is -2.28. The topological polar surface area (TPSA) is 52.6 Å². The Bertz CT molecular complexity index is 1140. The van der Waals surface area contributed by atoms with Gasteiger partial charge in [0.15, 0.2) is 5.92 Å². The molecule has 38 heavy (non-hydrogen) atoms. The summed E-state index contributed by atoms with van der Waals surface area (Å²) < 4.78 is 10.2. The molecular formula is C34H42O4. The van der Waals surface area contributed by atoms with E-state index >= 15 is 0 Å². The normalized spacial score (nSPS) is 11.0. The van der Waals surface area contributed by atoms with Crippen molar-refractivity contribution in [2.75, 3.05) is 13.2 Å². The fourth-order valence-electron chi connectivity index (χ4n) is 4.77. The molecule has 3 aromatic rings. The van der Waals surface area contributed by atoms with Crippen LogP contribution in [-0.4, -0.2) is 25.2 Å². The zero-order valence-electron chi connectivity index (χ0n) is 23.4. The van der Waals surface area contributed by atoms with Crippen molar-refractivity contribution < 1.29 is 19.1 Å². The van der Waals surface area contributed by atoms with Crippen LogP contribution in [0.3, 0.4) is 0 Å². The molecule has 0 unspecified atom stereocenters. The third kappa shape index (κ3) is 8.05. The predicted octanol–water partition coefficient (Wildman–Crippen LogP) is 7.99. The number of carbonyl (C=O) groups is 2. The minimum atomic E-state index is -0.890. The second-order valence-corrected chi connectivity index (χ2v) is 9.67. The standard InChI is InChI=1S/C34H42O4/c1-5-9-10-11-25-12-17-28(18-13-25)30-21-23-31(27(6-2)24-30)29-19-14-26(15-20-29)16-22-32(33(35)37-7-3)34(36)38-8-4/h12-15,17-21,23-24,32H,5-11,16,22H2,1-4H3. The van der Waals surface area contributed by atoms with Crippen molar-refractivity contribution in [3.05, 3.63) is 83.4 Å². The number of carbonyl (C=O) groups excluding carboxylic acids is 2. The minimum Gasteiger partial charge on any atom is -0.465 e. The van der Waals surface area contributed by atoms with Gasteiger partial charge in [0.05, 0.1) is 13.2 Å². The van der Waals surface area contributed by atoms with E-state index in [0.717, 1.165) is 24.0 Å². The highest BCUT2D eigenvalue weighted by Gasteiger charge is 2.29. The number of ether oxygens (including phenoxy) is 2. The first-order chi connectivity index (χ1) is 18.5. The van der Waals surface area contributed by atoms with Crippen LogP contribution in [0.15, 0.2) is 66.7 Å². The second-order valence-electron chi connectivity index (χ2n) is 9.67. The number of hydrogen-bond donors (Lipinski definition) is 0. The largest absolute Gasteiger partial charge is 0.465 e. The van der Waals surface area contributed by atoms with E-state index in [1.807, 2.05) is 0 Å². The van der Waals surface area contributed by atoms with Gasteiger partial charge in [0, 0.05) is 0 Å². The highest BCUT2D eigenvalue weighted by atomic mass is 16.6. The highest BCUT2D eigenvalue weighted by molar-refractivity contribution is 5.94. The Morgan fingerprint density at radius 1 is 0.658 bits per heavy atom. The zero-order valence-corrected chi connectivity index (χ0v) is 23.4. The molecule has 0 saturated carbocycles. The maximum atomic E-state index is 12.3. The molecule has 0 aromatic heterocycles. The van der Waals surface area contributed by atoms with Gasteiger partial charge >= 0.3 is 11.9 Å². The summed E-state index contributed by atoms with van der Waals surface area (Å²) in [5, 5.41) is 0. The predicted molar refractivity (Wildman–Crippen MR) is 155 cm³/mol. The van der Waals surface area contributed by atoms with Gasteiger partial charge in [0.2, 0.25) is 0 Å². The van der Waals surface area contributed by atoms with E-state index in [4.69, 9.17) is 9.47 Å². The number of aryl methyl sites for hydroxylation is 3. The van der Waals surface area contributed by atoms with Crippen molar-refractivity contribution in [2.45, 2.75) is 72.6 Å². The van der Waals surface area contributed by atoms with E-state index in [0.29, 0.717) is 12.8 Å². The average molecular weight is 515 g/mol. The molecule has 0 aliphatic rings. The maximum absolute atomic E-state index is 12.3. The Labute approximate surface area is 228 Å². The molecule has 0 N–H and O–H groups in total. The van der Waals surface area contributed by atoms with Crippen LogP contribution in [0.4, 0.5) is 0 Å². The first-order valence-corrected chi connectivity index (χ1v) is 14.1. The molecule has 0 atom stereocenters. The average Bonchev–Trinajstić information content (AvgIpc) is 2.94. The number of esters is 2. The maximum Gasteiger partial charge on any atom is 0.320 e. The van der Waals surface area contributed by atoms with Crippen LogP contribution < -0.4 is 0 Å². The van der Waals surface area contributed by atoms with Crippen molar-refractivity contribution >= 4 is 11.9 Å². The quantitative estimate of drug-likeness (QED) is 0.124. The van der Waals surface area contributed by atoms with Crippen LogP contribution in [0.1, 0.15) is 70.1 Å². The minimum absolute atomic E-state index is 0.242. The van der Waals surface area contributed by atoms with Crippen molar-refractivity contribution in [3.63, 3.8) is 0 Å². The highest BCUT2D eigenvalue weighted by Crippen LogP contribution is 2.30. The lowest BCUT2D eigenvalue weighted by atomic mass is 9.92. The molecule has 0 spiro atoms. The van der Waals surface area contributed by atoms with Gasteiger partial charge in [-0.15, -0.1) is 0 Å². The van der Waals surface area contributed by atoms with Crippen molar-refractivity contribution in [1.82, 2.24) is 0 Å². The molecular weight excluding hydrogens is 472 g/mol. The molecule has 0 aliphatic heterocycles. The third-order valence-electron chi connectivity index (χ3n) is 6.97. The molecule has 0 radical (unpaired) electrons. The van der Waals surface area contributed by atoms with E-state index in [2.05, 4.69) is 80.6 Å². The molecule has 3 rings (SSSR count). The van der Waals surface area contributed by atoms with E-state index < -0.39 is 17.9 Å². The van der Waals surface area contributed by atoms with Crippen LogP contribution in [-0.2, 0) is 38.3 Å². The summed E-state index contributed by atoms with van der Waals surface area (Å²) in [6, 6.07) is 24.1. The van der Waals surface area contributed by atoms with Crippen LogP contribution in [0, 0.1) is 5.92 Å². The van der Waals surface area contributed by atoms with E-state index in [1.165, 1.54) is 47.1 Å². The summed E-state index contributed by atoms with van der Waals surface area (Å²) in [6.07, 6.45) is 6.83. The van der Waals surface area contributed by atoms with Crippen LogP contribution in [0.2, 0.25) is 0 Å². The van der Waals surface area contributed by atoms with Crippen LogP contribution in [0.5, 0.6) is 0 Å². The first kappa shape index (κ1) is 29.2. The summed E-state index contributed by atoms with van der Waals surface area (Å²) in [4.78, 5) is 24.5. The van der Waals surface area contributed by atoms with Gasteiger partial charge in [-0.2, -0.15) is 0 Å². The van der Waals surface area contributed by atoms with Gasteiger partial charge in [-0.05, 0) is 84.9 Å². The Morgan fingerprint density at radius 2 is 1.21 bits per heavy atom. The number of hydrogen-bond acceptors (Lipinski definition) is 4. The van der Waals surface area contributed by atoms with Crippen LogP contribution in [0.25, 0.3) is 22.3 Å². The van der Waals surface area contributed by atoms with Gasteiger partial charge in [-0.25, -0.2) is 0 Å². The Morgan fingerprint density at radius 3 is 1.76 bits per heavy atom. The molecule has 0 heterocycles. The van der Waals surface area contributed by atoms with Crippen LogP contribution >= 0.6 is 0 Å². The molecule has 0 saturated heterocycles. The Hall–Kier alpha value is -3.40. The van der Waals surface area contributed by atoms with Gasteiger partial charge in [-0.1, -0.05) is 93.4 Å². The van der Waals surface area contributed by atoms with Crippen molar-refractivity contribution in [1.29, 1.82) is 0 Å². The molecule has 0 aliphatic carbocycles. The number of unbranched alkanes of at least 4 members (excludes halogenated alkanes) is 2. The molecule has 0 bridgehead atoms. The van der Waals surface area contributed by atoms with Gasteiger partial charge in [0.25, 0.3) is 0 Å².